The van der Waals surface area contributed by atoms with Crippen LogP contribution in [-0.2, 0) is 14.3 Å². The Kier molecular flexibility index (Phi) is 6.95. The van der Waals surface area contributed by atoms with E-state index in [1.165, 1.54) is 14.0 Å². The average Bonchev–Trinajstić information content (AvgIpc) is 2.81. The molecular formula is C17H28N2O5. The third-order valence-corrected chi connectivity index (χ3v) is 4.63. The Morgan fingerprint density at radius 1 is 1.54 bits per heavy atom. The van der Waals surface area contributed by atoms with Crippen LogP contribution in [0.5, 0.6) is 0 Å². The molecule has 2 N–H and O–H groups in total. The van der Waals surface area contributed by atoms with Gasteiger partial charge in [0.25, 0.3) is 0 Å². The van der Waals surface area contributed by atoms with E-state index in [0.717, 1.165) is 11.3 Å². The SMILES string of the molecule is CC=C[C@@H]1CC(=O)N(C(=O)O)[C@H]1[C@@H](NC(C)=O)[C@](C)(CCC)OC. The van der Waals surface area contributed by atoms with Gasteiger partial charge >= 0.3 is 6.09 Å². The molecule has 1 aliphatic heterocycles. The fourth-order valence-corrected chi connectivity index (χ4v) is 3.54. The Morgan fingerprint density at radius 2 is 2.17 bits per heavy atom. The van der Waals surface area contributed by atoms with Crippen LogP contribution in [0.4, 0.5) is 4.79 Å². The molecule has 0 spiro atoms. The largest absolute Gasteiger partial charge is 0.465 e. The van der Waals surface area contributed by atoms with E-state index >= 15 is 0 Å². The highest BCUT2D eigenvalue weighted by Gasteiger charge is 2.52. The normalized spacial score (nSPS) is 24.9. The van der Waals surface area contributed by atoms with Crippen molar-refractivity contribution in [1.29, 1.82) is 0 Å². The number of carboxylic acid groups (broad SMARTS) is 1. The molecule has 24 heavy (non-hydrogen) atoms. The Balaban J connectivity index is 3.40. The summed E-state index contributed by atoms with van der Waals surface area (Å²) in [5, 5.41) is 12.4. The first kappa shape index (κ1) is 20.2. The second-order valence-corrected chi connectivity index (χ2v) is 6.38. The number of ether oxygens (including phenoxy) is 1. The van der Waals surface area contributed by atoms with Crippen LogP contribution in [0.15, 0.2) is 12.2 Å². The van der Waals surface area contributed by atoms with Gasteiger partial charge in [0.05, 0.1) is 17.7 Å². The summed E-state index contributed by atoms with van der Waals surface area (Å²) in [6.45, 7) is 7.02. The van der Waals surface area contributed by atoms with E-state index in [9.17, 15) is 19.5 Å². The molecule has 0 saturated carbocycles. The van der Waals surface area contributed by atoms with Crippen molar-refractivity contribution in [2.45, 2.75) is 64.6 Å². The number of hydrogen-bond donors (Lipinski definition) is 2. The van der Waals surface area contributed by atoms with E-state index in [1.54, 1.807) is 6.08 Å². The summed E-state index contributed by atoms with van der Waals surface area (Å²) in [6.07, 6.45) is 3.83. The predicted octanol–water partition coefficient (Wildman–Crippen LogP) is 2.17. The van der Waals surface area contributed by atoms with Gasteiger partial charge < -0.3 is 15.2 Å². The second-order valence-electron chi connectivity index (χ2n) is 6.38. The van der Waals surface area contributed by atoms with Gasteiger partial charge in [-0.15, -0.1) is 0 Å². The van der Waals surface area contributed by atoms with Crippen molar-refractivity contribution in [2.24, 2.45) is 5.92 Å². The highest BCUT2D eigenvalue weighted by Crippen LogP contribution is 2.36. The van der Waals surface area contributed by atoms with Gasteiger partial charge in [-0.3, -0.25) is 9.59 Å². The molecule has 0 unspecified atom stereocenters. The number of likely N-dealkylation sites (tertiary alicyclic amines) is 1. The van der Waals surface area contributed by atoms with Gasteiger partial charge in [0.1, 0.15) is 0 Å². The van der Waals surface area contributed by atoms with E-state index in [4.69, 9.17) is 4.74 Å². The van der Waals surface area contributed by atoms with Gasteiger partial charge in [0, 0.05) is 26.4 Å². The lowest BCUT2D eigenvalue weighted by Gasteiger charge is -2.43. The molecule has 7 heteroatoms. The molecule has 1 rings (SSSR count). The van der Waals surface area contributed by atoms with Crippen LogP contribution < -0.4 is 5.32 Å². The second kappa shape index (κ2) is 8.28. The van der Waals surface area contributed by atoms with Crippen molar-refractivity contribution in [2.75, 3.05) is 7.11 Å². The Morgan fingerprint density at radius 3 is 2.58 bits per heavy atom. The zero-order valence-electron chi connectivity index (χ0n) is 15.0. The standard InChI is InChI=1S/C17H28N2O5/c1-6-8-12-10-13(21)19(16(22)23)14(12)15(18-11(3)20)17(4,24-5)9-7-2/h6,8,12,14-15H,7,9-10H2,1-5H3,(H,18,20)(H,22,23)/t12-,14-,15-,17+/m1/s1. The molecule has 0 bridgehead atoms. The minimum Gasteiger partial charge on any atom is -0.465 e. The molecule has 4 atom stereocenters. The van der Waals surface area contributed by atoms with Gasteiger partial charge in [-0.1, -0.05) is 25.5 Å². The third-order valence-electron chi connectivity index (χ3n) is 4.63. The Hall–Kier alpha value is -1.89. The van der Waals surface area contributed by atoms with Crippen LogP contribution in [0.1, 0.15) is 47.0 Å². The topological polar surface area (TPSA) is 95.9 Å². The molecule has 0 radical (unpaired) electrons. The molecular weight excluding hydrogens is 312 g/mol. The first-order valence-corrected chi connectivity index (χ1v) is 8.21. The van der Waals surface area contributed by atoms with Crippen molar-refractivity contribution < 1.29 is 24.2 Å². The number of rotatable bonds is 7. The number of carbonyl (C=O) groups is 3. The van der Waals surface area contributed by atoms with Crippen LogP contribution in [0.2, 0.25) is 0 Å². The molecule has 0 aromatic heterocycles. The maximum Gasteiger partial charge on any atom is 0.414 e. The summed E-state index contributed by atoms with van der Waals surface area (Å²) >= 11 is 0. The molecule has 1 saturated heterocycles. The Labute approximate surface area is 143 Å². The average molecular weight is 340 g/mol. The molecule has 1 aliphatic rings. The fourth-order valence-electron chi connectivity index (χ4n) is 3.54. The molecule has 1 fully saturated rings. The highest BCUT2D eigenvalue weighted by molar-refractivity contribution is 5.94. The number of imide groups is 1. The number of methoxy groups -OCH3 is 1. The van der Waals surface area contributed by atoms with E-state index in [2.05, 4.69) is 5.32 Å². The molecule has 0 aromatic carbocycles. The van der Waals surface area contributed by atoms with Crippen LogP contribution >= 0.6 is 0 Å². The van der Waals surface area contributed by atoms with Crippen LogP contribution in [0.25, 0.3) is 0 Å². The van der Waals surface area contributed by atoms with Crippen molar-refractivity contribution in [3.8, 4) is 0 Å². The molecule has 0 aromatic rings. The van der Waals surface area contributed by atoms with Gasteiger partial charge in [-0.2, -0.15) is 0 Å². The third kappa shape index (κ3) is 4.14. The molecule has 1 heterocycles. The molecule has 136 valence electrons. The fraction of sp³-hybridized carbons (Fsp3) is 0.706. The maximum atomic E-state index is 12.2. The lowest BCUT2D eigenvalue weighted by Crippen LogP contribution is -2.63. The number of nitrogens with zero attached hydrogens (tertiary/aromatic N) is 1. The van der Waals surface area contributed by atoms with Crippen molar-refractivity contribution in [3.05, 3.63) is 12.2 Å². The number of allylic oxidation sites excluding steroid dienone is 1. The summed E-state index contributed by atoms with van der Waals surface area (Å²) in [5.41, 5.74) is -0.788. The van der Waals surface area contributed by atoms with Crippen molar-refractivity contribution in [3.63, 3.8) is 0 Å². The van der Waals surface area contributed by atoms with Crippen LogP contribution in [0.3, 0.4) is 0 Å². The maximum absolute atomic E-state index is 12.2. The number of nitrogens with one attached hydrogen (secondary N) is 1. The minimum absolute atomic E-state index is 0.101. The predicted molar refractivity (Wildman–Crippen MR) is 89.5 cm³/mol. The summed E-state index contributed by atoms with van der Waals surface area (Å²) in [4.78, 5) is 36.5. The quantitative estimate of drug-likeness (QED) is 0.693. The molecule has 3 amide bonds. The van der Waals surface area contributed by atoms with E-state index in [-0.39, 0.29) is 18.2 Å². The first-order chi connectivity index (χ1) is 11.2. The van der Waals surface area contributed by atoms with Gasteiger partial charge in [-0.05, 0) is 20.3 Å². The van der Waals surface area contributed by atoms with Gasteiger partial charge in [0.15, 0.2) is 0 Å². The Bertz CT molecular complexity index is 519. The van der Waals surface area contributed by atoms with E-state index in [0.29, 0.717) is 6.42 Å². The van der Waals surface area contributed by atoms with Crippen molar-refractivity contribution in [1.82, 2.24) is 10.2 Å². The van der Waals surface area contributed by atoms with Crippen molar-refractivity contribution >= 4 is 17.9 Å². The van der Waals surface area contributed by atoms with E-state index in [1.807, 2.05) is 26.8 Å². The molecule has 7 nitrogen and oxygen atoms in total. The highest BCUT2D eigenvalue weighted by atomic mass is 16.5. The lowest BCUT2D eigenvalue weighted by molar-refractivity contribution is -0.131. The number of hydrogen-bond acceptors (Lipinski definition) is 4. The summed E-state index contributed by atoms with van der Waals surface area (Å²) in [5.74, 6) is -1.05. The van der Waals surface area contributed by atoms with Crippen LogP contribution in [-0.4, -0.2) is 52.7 Å². The smallest absolute Gasteiger partial charge is 0.414 e. The monoisotopic (exact) mass is 340 g/mol. The number of amides is 3. The van der Waals surface area contributed by atoms with Crippen LogP contribution in [0, 0.1) is 5.92 Å². The van der Waals surface area contributed by atoms with Gasteiger partial charge in [-0.25, -0.2) is 9.69 Å². The van der Waals surface area contributed by atoms with E-state index < -0.39 is 29.7 Å². The zero-order valence-corrected chi connectivity index (χ0v) is 15.0. The summed E-state index contributed by atoms with van der Waals surface area (Å²) in [7, 11) is 1.54. The summed E-state index contributed by atoms with van der Waals surface area (Å²) < 4.78 is 5.67. The lowest BCUT2D eigenvalue weighted by atomic mass is 9.81. The minimum atomic E-state index is -1.30. The first-order valence-electron chi connectivity index (χ1n) is 8.21. The number of carbonyl (C=O) groups excluding carboxylic acids is 2. The summed E-state index contributed by atoms with van der Waals surface area (Å²) in [6, 6.07) is -1.34. The zero-order chi connectivity index (χ0) is 18.5. The van der Waals surface area contributed by atoms with Gasteiger partial charge in [0.2, 0.25) is 11.8 Å². The molecule has 0 aliphatic carbocycles.